The molecule has 2 aromatic rings. The van der Waals surface area contributed by atoms with Crippen LogP contribution in [-0.4, -0.2) is 10.7 Å². The van der Waals surface area contributed by atoms with Gasteiger partial charge in [0.05, 0.1) is 5.56 Å². The molecule has 6 heteroatoms. The van der Waals surface area contributed by atoms with Crippen LogP contribution < -0.4 is 5.43 Å². The van der Waals surface area contributed by atoms with Crippen LogP contribution in [0, 0.1) is 0 Å². The predicted molar refractivity (Wildman–Crippen MR) is 80.7 cm³/mol. The molecule has 2 rings (SSSR count). The van der Waals surface area contributed by atoms with Crippen LogP contribution in [0.25, 0.3) is 0 Å². The van der Waals surface area contributed by atoms with Gasteiger partial charge in [0.25, 0.3) is 0 Å². The molecule has 1 aromatic heterocycles. The zero-order valence-corrected chi connectivity index (χ0v) is 12.1. The van der Waals surface area contributed by atoms with Gasteiger partial charge in [-0.2, -0.15) is 18.3 Å². The molecule has 0 unspecified atom stereocenters. The van der Waals surface area contributed by atoms with Gasteiger partial charge in [0.2, 0.25) is 0 Å². The highest BCUT2D eigenvalue weighted by Gasteiger charge is 2.30. The number of alkyl halides is 3. The number of hydrogen-bond donors (Lipinski definition) is 1. The zero-order chi connectivity index (χ0) is 16.0. The lowest BCUT2D eigenvalue weighted by Crippen LogP contribution is -2.06. The standard InChI is InChI=1S/C16H16F3N3/c1-12(7-8-13-5-3-2-4-6-13)21-22-15-10-9-14(11-20-15)16(17,18)19/h2-6,9-11H,7-8H2,1H3,(H,20,22)/b21-12-. The average molecular weight is 307 g/mol. The number of pyridine rings is 1. The molecule has 1 aromatic carbocycles. The summed E-state index contributed by atoms with van der Waals surface area (Å²) in [6, 6.07) is 12.2. The normalized spacial score (nSPS) is 12.3. The van der Waals surface area contributed by atoms with E-state index in [9.17, 15) is 13.2 Å². The monoisotopic (exact) mass is 307 g/mol. The van der Waals surface area contributed by atoms with Crippen molar-refractivity contribution in [1.29, 1.82) is 0 Å². The van der Waals surface area contributed by atoms with Gasteiger partial charge >= 0.3 is 6.18 Å². The van der Waals surface area contributed by atoms with Crippen LogP contribution in [0.5, 0.6) is 0 Å². The molecule has 0 spiro atoms. The lowest BCUT2D eigenvalue weighted by Gasteiger charge is -2.07. The summed E-state index contributed by atoms with van der Waals surface area (Å²) in [6.45, 7) is 1.86. The van der Waals surface area contributed by atoms with E-state index in [0.29, 0.717) is 0 Å². The van der Waals surface area contributed by atoms with Gasteiger partial charge in [0, 0.05) is 11.9 Å². The van der Waals surface area contributed by atoms with Gasteiger partial charge in [-0.3, -0.25) is 5.43 Å². The third kappa shape index (κ3) is 4.87. The number of nitrogens with one attached hydrogen (secondary N) is 1. The number of benzene rings is 1. The Morgan fingerprint density at radius 3 is 2.45 bits per heavy atom. The highest BCUT2D eigenvalue weighted by Crippen LogP contribution is 2.28. The largest absolute Gasteiger partial charge is 0.417 e. The third-order valence-corrected chi connectivity index (χ3v) is 3.07. The fraction of sp³-hybridized carbons (Fsp3) is 0.250. The van der Waals surface area contributed by atoms with Crippen molar-refractivity contribution in [1.82, 2.24) is 4.98 Å². The number of rotatable bonds is 5. The van der Waals surface area contributed by atoms with Crippen molar-refractivity contribution in [2.24, 2.45) is 5.10 Å². The topological polar surface area (TPSA) is 37.3 Å². The number of hydrogen-bond acceptors (Lipinski definition) is 3. The first-order valence-electron chi connectivity index (χ1n) is 6.81. The Morgan fingerprint density at radius 1 is 1.14 bits per heavy atom. The number of nitrogens with zero attached hydrogens (tertiary/aromatic N) is 2. The van der Waals surface area contributed by atoms with Crippen molar-refractivity contribution in [3.05, 3.63) is 59.8 Å². The Bertz CT molecular complexity index is 619. The highest BCUT2D eigenvalue weighted by molar-refractivity contribution is 5.82. The third-order valence-electron chi connectivity index (χ3n) is 3.07. The van der Waals surface area contributed by atoms with E-state index in [0.717, 1.165) is 30.8 Å². The van der Waals surface area contributed by atoms with Gasteiger partial charge < -0.3 is 0 Å². The minimum atomic E-state index is -4.37. The summed E-state index contributed by atoms with van der Waals surface area (Å²) in [6.07, 6.45) is -1.96. The molecule has 1 heterocycles. The van der Waals surface area contributed by atoms with Crippen LogP contribution in [0.3, 0.4) is 0 Å². The maximum atomic E-state index is 12.4. The molecule has 0 aliphatic heterocycles. The molecule has 0 radical (unpaired) electrons. The van der Waals surface area contributed by atoms with Crippen molar-refractivity contribution in [2.45, 2.75) is 25.9 Å². The van der Waals surface area contributed by atoms with E-state index in [2.05, 4.69) is 15.5 Å². The maximum Gasteiger partial charge on any atom is 0.417 e. The highest BCUT2D eigenvalue weighted by atomic mass is 19.4. The number of hydrazone groups is 1. The Balaban J connectivity index is 1.88. The summed E-state index contributed by atoms with van der Waals surface area (Å²) in [5.41, 5.74) is 3.96. The molecule has 116 valence electrons. The van der Waals surface area contributed by atoms with Gasteiger partial charge in [-0.05, 0) is 37.5 Å². The summed E-state index contributed by atoms with van der Waals surface area (Å²) in [7, 11) is 0. The lowest BCUT2D eigenvalue weighted by molar-refractivity contribution is -0.137. The average Bonchev–Trinajstić information content (AvgIpc) is 2.51. The van der Waals surface area contributed by atoms with Crippen molar-refractivity contribution in [3.8, 4) is 0 Å². The van der Waals surface area contributed by atoms with E-state index in [4.69, 9.17) is 0 Å². The molecule has 0 saturated carbocycles. The molecule has 3 nitrogen and oxygen atoms in total. The zero-order valence-electron chi connectivity index (χ0n) is 12.1. The Kier molecular flexibility index (Phi) is 5.14. The second-order valence-electron chi connectivity index (χ2n) is 4.87. The van der Waals surface area contributed by atoms with Crippen molar-refractivity contribution in [3.63, 3.8) is 0 Å². The van der Waals surface area contributed by atoms with E-state index < -0.39 is 11.7 Å². The molecule has 0 atom stereocenters. The summed E-state index contributed by atoms with van der Waals surface area (Å²) in [5.74, 6) is 0.284. The van der Waals surface area contributed by atoms with E-state index >= 15 is 0 Å². The van der Waals surface area contributed by atoms with Crippen molar-refractivity contribution in [2.75, 3.05) is 5.43 Å². The lowest BCUT2D eigenvalue weighted by atomic mass is 10.1. The number of anilines is 1. The molecular weight excluding hydrogens is 291 g/mol. The van der Waals surface area contributed by atoms with Gasteiger partial charge in [0.15, 0.2) is 0 Å². The molecule has 22 heavy (non-hydrogen) atoms. The summed E-state index contributed by atoms with van der Waals surface area (Å²) >= 11 is 0. The molecule has 0 saturated heterocycles. The molecule has 0 aliphatic rings. The van der Waals surface area contributed by atoms with Gasteiger partial charge in [-0.1, -0.05) is 30.3 Å². The van der Waals surface area contributed by atoms with E-state index in [1.165, 1.54) is 11.6 Å². The number of aryl methyl sites for hydroxylation is 1. The second kappa shape index (κ2) is 7.06. The molecule has 0 fully saturated rings. The fourth-order valence-corrected chi connectivity index (χ4v) is 1.81. The van der Waals surface area contributed by atoms with Crippen LogP contribution >= 0.6 is 0 Å². The number of aromatic nitrogens is 1. The van der Waals surface area contributed by atoms with E-state index in [1.807, 2.05) is 37.3 Å². The second-order valence-corrected chi connectivity index (χ2v) is 4.87. The molecule has 0 amide bonds. The van der Waals surface area contributed by atoms with Crippen LogP contribution in [0.15, 0.2) is 53.8 Å². The summed E-state index contributed by atoms with van der Waals surface area (Å²) in [5, 5.41) is 4.12. The molecule has 1 N–H and O–H groups in total. The first-order chi connectivity index (χ1) is 10.4. The fourth-order valence-electron chi connectivity index (χ4n) is 1.81. The van der Waals surface area contributed by atoms with Gasteiger partial charge in [-0.15, -0.1) is 0 Å². The van der Waals surface area contributed by atoms with E-state index in [1.54, 1.807) is 0 Å². The first kappa shape index (κ1) is 16.0. The minimum Gasteiger partial charge on any atom is -0.261 e. The Morgan fingerprint density at radius 2 is 1.86 bits per heavy atom. The van der Waals surface area contributed by atoms with Crippen LogP contribution in [-0.2, 0) is 12.6 Å². The van der Waals surface area contributed by atoms with Crippen molar-refractivity contribution < 1.29 is 13.2 Å². The molecule has 0 aliphatic carbocycles. The number of halogens is 3. The minimum absolute atomic E-state index is 0.284. The van der Waals surface area contributed by atoms with Crippen LogP contribution in [0.1, 0.15) is 24.5 Å². The van der Waals surface area contributed by atoms with Crippen molar-refractivity contribution >= 4 is 11.5 Å². The van der Waals surface area contributed by atoms with Gasteiger partial charge in [-0.25, -0.2) is 4.98 Å². The van der Waals surface area contributed by atoms with Crippen LogP contribution in [0.2, 0.25) is 0 Å². The van der Waals surface area contributed by atoms with Crippen LogP contribution in [0.4, 0.5) is 19.0 Å². The van der Waals surface area contributed by atoms with E-state index in [-0.39, 0.29) is 5.82 Å². The molecular formula is C16H16F3N3. The predicted octanol–water partition coefficient (Wildman–Crippen LogP) is 4.52. The summed E-state index contributed by atoms with van der Waals surface area (Å²) in [4.78, 5) is 3.70. The maximum absolute atomic E-state index is 12.4. The quantitative estimate of drug-likeness (QED) is 0.651. The Labute approximate surface area is 126 Å². The molecule has 0 bridgehead atoms. The summed E-state index contributed by atoms with van der Waals surface area (Å²) < 4.78 is 37.2. The van der Waals surface area contributed by atoms with Gasteiger partial charge in [0.1, 0.15) is 5.82 Å². The SMILES string of the molecule is C/C(CCc1ccccc1)=N/Nc1ccc(C(F)(F)F)cn1. The first-order valence-corrected chi connectivity index (χ1v) is 6.81. The smallest absolute Gasteiger partial charge is 0.261 e. The Hall–Kier alpha value is -2.37.